The first kappa shape index (κ1) is 13.4. The van der Waals surface area contributed by atoms with Crippen molar-refractivity contribution in [2.24, 2.45) is 0 Å². The zero-order chi connectivity index (χ0) is 13.2. The summed E-state index contributed by atoms with van der Waals surface area (Å²) in [6.07, 6.45) is 0. The molecule has 0 bridgehead atoms. The maximum Gasteiger partial charge on any atom is 0.246 e. The normalized spacial score (nSPS) is 17.7. The molecule has 0 atom stereocenters. The zero-order valence-corrected chi connectivity index (χ0v) is 11.8. The Balaban J connectivity index is 2.02. The smallest absolute Gasteiger partial charge is 0.246 e. The highest BCUT2D eigenvalue weighted by atomic mass is 32.1. The fraction of sp³-hybridized carbons (Fsp3) is 0.727. The Morgan fingerprint density at radius 2 is 2.06 bits per heavy atom. The highest BCUT2D eigenvalue weighted by Crippen LogP contribution is 2.20. The van der Waals surface area contributed by atoms with E-state index in [1.807, 2.05) is 20.8 Å². The number of anilines is 1. The minimum atomic E-state index is -0.526. The van der Waals surface area contributed by atoms with Crippen LogP contribution in [0.5, 0.6) is 0 Å². The summed E-state index contributed by atoms with van der Waals surface area (Å²) in [5.41, 5.74) is -0.526. The molecule has 0 saturated carbocycles. The van der Waals surface area contributed by atoms with E-state index in [4.69, 9.17) is 0 Å². The molecule has 6 nitrogen and oxygen atoms in total. The Morgan fingerprint density at radius 1 is 1.39 bits per heavy atom. The molecule has 0 spiro atoms. The number of nitrogens with one attached hydrogen (secondary N) is 2. The van der Waals surface area contributed by atoms with Crippen LogP contribution in [0.15, 0.2) is 0 Å². The summed E-state index contributed by atoms with van der Waals surface area (Å²) >= 11 is 1.39. The summed E-state index contributed by atoms with van der Waals surface area (Å²) in [6, 6.07) is 0. The molecular formula is C11H19N5OS. The molecule has 1 aromatic heterocycles. The lowest BCUT2D eigenvalue weighted by molar-refractivity contribution is -0.126. The van der Waals surface area contributed by atoms with Gasteiger partial charge in [0, 0.05) is 26.2 Å². The molecule has 2 heterocycles. The van der Waals surface area contributed by atoms with E-state index in [9.17, 15) is 4.79 Å². The average Bonchev–Trinajstić information content (AvgIpc) is 2.76. The predicted molar refractivity (Wildman–Crippen MR) is 71.8 cm³/mol. The van der Waals surface area contributed by atoms with Crippen LogP contribution in [0, 0.1) is 6.92 Å². The number of piperazine rings is 1. The standard InChI is InChI=1S/C11H19N5OS/c1-8-14-15-10(18-8)13-9(17)11(2,3)16-6-4-12-5-7-16/h12H,4-7H2,1-3H3,(H,13,15,17). The lowest BCUT2D eigenvalue weighted by atomic mass is 10.0. The SMILES string of the molecule is Cc1nnc(NC(=O)C(C)(C)N2CCNCC2)s1. The van der Waals surface area contributed by atoms with Crippen molar-refractivity contribution in [3.05, 3.63) is 5.01 Å². The van der Waals surface area contributed by atoms with Crippen molar-refractivity contribution in [3.8, 4) is 0 Å². The number of carbonyl (C=O) groups excluding carboxylic acids is 1. The number of nitrogens with zero attached hydrogens (tertiary/aromatic N) is 3. The zero-order valence-electron chi connectivity index (χ0n) is 11.0. The van der Waals surface area contributed by atoms with Crippen molar-refractivity contribution in [1.29, 1.82) is 0 Å². The van der Waals surface area contributed by atoms with E-state index in [2.05, 4.69) is 25.7 Å². The monoisotopic (exact) mass is 269 g/mol. The van der Waals surface area contributed by atoms with Crippen LogP contribution in [-0.2, 0) is 4.79 Å². The number of aryl methyl sites for hydroxylation is 1. The van der Waals surface area contributed by atoms with E-state index in [1.165, 1.54) is 11.3 Å². The van der Waals surface area contributed by atoms with Gasteiger partial charge in [-0.05, 0) is 20.8 Å². The van der Waals surface area contributed by atoms with Crippen LogP contribution in [-0.4, -0.2) is 52.7 Å². The van der Waals surface area contributed by atoms with E-state index in [0.29, 0.717) is 5.13 Å². The molecule has 18 heavy (non-hydrogen) atoms. The van der Waals surface area contributed by atoms with Crippen molar-refractivity contribution in [3.63, 3.8) is 0 Å². The Bertz CT molecular complexity index is 425. The van der Waals surface area contributed by atoms with Crippen molar-refractivity contribution < 1.29 is 4.79 Å². The van der Waals surface area contributed by atoms with Gasteiger partial charge in [-0.25, -0.2) is 0 Å². The molecule has 2 rings (SSSR count). The van der Waals surface area contributed by atoms with E-state index in [-0.39, 0.29) is 5.91 Å². The fourth-order valence-corrected chi connectivity index (χ4v) is 2.55. The third-order valence-corrected chi connectivity index (χ3v) is 3.96. The van der Waals surface area contributed by atoms with E-state index < -0.39 is 5.54 Å². The van der Waals surface area contributed by atoms with Crippen LogP contribution in [0.1, 0.15) is 18.9 Å². The molecule has 2 N–H and O–H groups in total. The molecule has 1 saturated heterocycles. The average molecular weight is 269 g/mol. The second-order valence-electron chi connectivity index (χ2n) is 4.88. The minimum Gasteiger partial charge on any atom is -0.314 e. The van der Waals surface area contributed by atoms with Crippen LogP contribution < -0.4 is 10.6 Å². The molecule has 0 aromatic carbocycles. The van der Waals surface area contributed by atoms with E-state index >= 15 is 0 Å². The van der Waals surface area contributed by atoms with Crippen LogP contribution in [0.4, 0.5) is 5.13 Å². The van der Waals surface area contributed by atoms with Gasteiger partial charge in [0.25, 0.3) is 0 Å². The maximum atomic E-state index is 12.3. The first-order valence-corrected chi connectivity index (χ1v) is 6.89. The Kier molecular flexibility index (Phi) is 3.94. The number of aromatic nitrogens is 2. The van der Waals surface area contributed by atoms with Gasteiger partial charge in [-0.1, -0.05) is 11.3 Å². The molecule has 0 aliphatic carbocycles. The number of amides is 1. The second-order valence-corrected chi connectivity index (χ2v) is 6.06. The highest BCUT2D eigenvalue weighted by molar-refractivity contribution is 7.15. The molecule has 1 fully saturated rings. The lowest BCUT2D eigenvalue weighted by Crippen LogP contribution is -2.58. The van der Waals surface area contributed by atoms with Crippen molar-refractivity contribution in [2.45, 2.75) is 26.3 Å². The summed E-state index contributed by atoms with van der Waals surface area (Å²) in [6.45, 7) is 9.38. The topological polar surface area (TPSA) is 70.2 Å². The molecule has 0 unspecified atom stereocenters. The largest absolute Gasteiger partial charge is 0.314 e. The fourth-order valence-electron chi connectivity index (χ4n) is 1.96. The van der Waals surface area contributed by atoms with Crippen molar-refractivity contribution >= 4 is 22.4 Å². The summed E-state index contributed by atoms with van der Waals surface area (Å²) in [5, 5.41) is 15.4. The van der Waals surface area contributed by atoms with Crippen LogP contribution >= 0.6 is 11.3 Å². The number of carbonyl (C=O) groups is 1. The van der Waals surface area contributed by atoms with Gasteiger partial charge in [-0.3, -0.25) is 15.0 Å². The van der Waals surface area contributed by atoms with Crippen molar-refractivity contribution in [2.75, 3.05) is 31.5 Å². The van der Waals surface area contributed by atoms with Gasteiger partial charge < -0.3 is 5.32 Å². The summed E-state index contributed by atoms with van der Waals surface area (Å²) in [5.74, 6) is -0.0273. The number of hydrogen-bond acceptors (Lipinski definition) is 6. The van der Waals surface area contributed by atoms with Crippen molar-refractivity contribution in [1.82, 2.24) is 20.4 Å². The third-order valence-electron chi connectivity index (χ3n) is 3.21. The van der Waals surface area contributed by atoms with Gasteiger partial charge >= 0.3 is 0 Å². The summed E-state index contributed by atoms with van der Waals surface area (Å²) in [7, 11) is 0. The predicted octanol–water partition coefficient (Wildman–Crippen LogP) is 0.469. The summed E-state index contributed by atoms with van der Waals surface area (Å²) < 4.78 is 0. The van der Waals surface area contributed by atoms with Crippen LogP contribution in [0.3, 0.4) is 0 Å². The minimum absolute atomic E-state index is 0.0273. The Labute approximate surface area is 111 Å². The molecule has 1 aliphatic rings. The Morgan fingerprint density at radius 3 is 2.61 bits per heavy atom. The molecule has 1 amide bonds. The number of hydrogen-bond donors (Lipinski definition) is 2. The first-order chi connectivity index (χ1) is 8.50. The third kappa shape index (κ3) is 2.85. The maximum absolute atomic E-state index is 12.3. The van der Waals surface area contributed by atoms with Crippen LogP contribution in [0.2, 0.25) is 0 Å². The van der Waals surface area contributed by atoms with Gasteiger partial charge in [0.2, 0.25) is 11.0 Å². The van der Waals surface area contributed by atoms with Gasteiger partial charge in [0.15, 0.2) is 0 Å². The number of rotatable bonds is 3. The molecule has 1 aliphatic heterocycles. The quantitative estimate of drug-likeness (QED) is 0.834. The van der Waals surface area contributed by atoms with Gasteiger partial charge in [0.1, 0.15) is 5.01 Å². The molecule has 7 heteroatoms. The van der Waals surface area contributed by atoms with E-state index in [0.717, 1.165) is 31.2 Å². The lowest BCUT2D eigenvalue weighted by Gasteiger charge is -2.39. The molecule has 100 valence electrons. The van der Waals surface area contributed by atoms with Crippen LogP contribution in [0.25, 0.3) is 0 Å². The summed E-state index contributed by atoms with van der Waals surface area (Å²) in [4.78, 5) is 14.5. The molecular weight excluding hydrogens is 250 g/mol. The van der Waals surface area contributed by atoms with Gasteiger partial charge in [-0.2, -0.15) is 0 Å². The van der Waals surface area contributed by atoms with E-state index in [1.54, 1.807) is 0 Å². The second kappa shape index (κ2) is 5.29. The Hall–Kier alpha value is -1.05. The first-order valence-electron chi connectivity index (χ1n) is 6.07. The highest BCUT2D eigenvalue weighted by Gasteiger charge is 2.35. The van der Waals surface area contributed by atoms with Gasteiger partial charge in [-0.15, -0.1) is 10.2 Å². The molecule has 1 aromatic rings. The molecule has 0 radical (unpaired) electrons. The van der Waals surface area contributed by atoms with Gasteiger partial charge in [0.05, 0.1) is 5.54 Å².